The fourth-order valence-corrected chi connectivity index (χ4v) is 1.16. The molecule has 2 rings (SSSR count). The zero-order chi connectivity index (χ0) is 11.4. The molecule has 0 bridgehead atoms. The second kappa shape index (κ2) is 4.55. The Kier molecular flexibility index (Phi) is 3.39. The molecule has 3 nitrogen and oxygen atoms in total. The zero-order valence-corrected chi connectivity index (χ0v) is 8.74. The number of esters is 1. The Labute approximate surface area is 88.4 Å². The van der Waals surface area contributed by atoms with Crippen molar-refractivity contribution < 1.29 is 14.3 Å². The fraction of sp³-hybridized carbons (Fsp3) is 0.167. The fourth-order valence-electron chi connectivity index (χ4n) is 1.16. The van der Waals surface area contributed by atoms with Crippen molar-refractivity contribution in [2.75, 3.05) is 0 Å². The lowest BCUT2D eigenvalue weighted by molar-refractivity contribution is -0.130. The molecule has 1 aliphatic rings. The van der Waals surface area contributed by atoms with Crippen LogP contribution in [-0.2, 0) is 4.79 Å². The van der Waals surface area contributed by atoms with Crippen LogP contribution in [0.3, 0.4) is 0 Å². The van der Waals surface area contributed by atoms with Gasteiger partial charge in [0, 0.05) is 0 Å². The van der Waals surface area contributed by atoms with Crippen LogP contribution >= 0.6 is 0 Å². The Balaban J connectivity index is 0.000000531. The van der Waals surface area contributed by atoms with E-state index >= 15 is 0 Å². The lowest BCUT2D eigenvalue weighted by Crippen LogP contribution is -2.24. The monoisotopic (exact) mass is 204 g/mol. The Hall–Kier alpha value is -1.90. The minimum atomic E-state index is -0.663. The number of carbonyl (C=O) groups is 2. The molecule has 1 aromatic carbocycles. The predicted molar refractivity (Wildman–Crippen MR) is 56.9 cm³/mol. The van der Waals surface area contributed by atoms with E-state index in [1.165, 1.54) is 0 Å². The third-order valence-electron chi connectivity index (χ3n) is 1.85. The van der Waals surface area contributed by atoms with Crippen molar-refractivity contribution in [2.24, 2.45) is 0 Å². The van der Waals surface area contributed by atoms with Gasteiger partial charge >= 0.3 is 5.97 Å². The Bertz CT molecular complexity index is 419. The molecule has 0 saturated heterocycles. The largest absolute Gasteiger partial charge is 0.422 e. The van der Waals surface area contributed by atoms with Gasteiger partial charge in [0.15, 0.2) is 0 Å². The molecule has 0 aromatic heterocycles. The average molecular weight is 204 g/mol. The van der Waals surface area contributed by atoms with E-state index in [1.54, 1.807) is 24.3 Å². The second-order valence-corrected chi connectivity index (χ2v) is 2.69. The molecule has 1 heterocycles. The summed E-state index contributed by atoms with van der Waals surface area (Å²) < 4.78 is 4.86. The molecule has 0 N–H and O–H groups in total. The first-order valence-electron chi connectivity index (χ1n) is 4.75. The molecular formula is C12H12O3. The van der Waals surface area contributed by atoms with E-state index in [0.717, 1.165) is 0 Å². The molecule has 0 radical (unpaired) electrons. The Morgan fingerprint density at radius 1 is 1.13 bits per heavy atom. The summed E-state index contributed by atoms with van der Waals surface area (Å²) in [6.07, 6.45) is 0. The number of benzene rings is 1. The number of hydrogen-bond donors (Lipinski definition) is 0. The van der Waals surface area contributed by atoms with Crippen LogP contribution in [0.15, 0.2) is 36.4 Å². The SMILES string of the molecule is C=C1C(=O)Oc2ccccc2C1=O.CC. The minimum absolute atomic E-state index is 0.112. The van der Waals surface area contributed by atoms with E-state index in [0.29, 0.717) is 11.3 Å². The molecule has 15 heavy (non-hydrogen) atoms. The first kappa shape index (κ1) is 11.2. The van der Waals surface area contributed by atoms with Gasteiger partial charge in [-0.2, -0.15) is 0 Å². The highest BCUT2D eigenvalue weighted by Gasteiger charge is 2.28. The topological polar surface area (TPSA) is 43.4 Å². The van der Waals surface area contributed by atoms with Gasteiger partial charge < -0.3 is 4.74 Å². The highest BCUT2D eigenvalue weighted by atomic mass is 16.5. The summed E-state index contributed by atoms with van der Waals surface area (Å²) in [7, 11) is 0. The van der Waals surface area contributed by atoms with E-state index in [2.05, 4.69) is 6.58 Å². The van der Waals surface area contributed by atoms with Crippen LogP contribution in [0.25, 0.3) is 0 Å². The molecule has 0 unspecified atom stereocenters. The number of ketones is 1. The summed E-state index contributed by atoms with van der Waals surface area (Å²) >= 11 is 0. The average Bonchev–Trinajstić information content (AvgIpc) is 2.29. The van der Waals surface area contributed by atoms with Gasteiger partial charge in [-0.05, 0) is 12.1 Å². The maximum absolute atomic E-state index is 11.4. The van der Waals surface area contributed by atoms with Crippen molar-refractivity contribution >= 4 is 11.8 Å². The predicted octanol–water partition coefficient (Wildman–Crippen LogP) is 2.37. The van der Waals surface area contributed by atoms with Crippen LogP contribution in [0.1, 0.15) is 24.2 Å². The van der Waals surface area contributed by atoms with Crippen LogP contribution in [-0.4, -0.2) is 11.8 Å². The lowest BCUT2D eigenvalue weighted by Gasteiger charge is -2.14. The third-order valence-corrected chi connectivity index (χ3v) is 1.85. The second-order valence-electron chi connectivity index (χ2n) is 2.69. The van der Waals surface area contributed by atoms with Gasteiger partial charge in [0.05, 0.1) is 5.56 Å². The molecule has 0 aliphatic carbocycles. The van der Waals surface area contributed by atoms with Crippen LogP contribution in [0.4, 0.5) is 0 Å². The van der Waals surface area contributed by atoms with E-state index < -0.39 is 5.97 Å². The van der Waals surface area contributed by atoms with Gasteiger partial charge in [0.25, 0.3) is 0 Å². The first-order valence-corrected chi connectivity index (χ1v) is 4.75. The highest BCUT2D eigenvalue weighted by Crippen LogP contribution is 2.26. The van der Waals surface area contributed by atoms with Crippen molar-refractivity contribution in [3.05, 3.63) is 42.0 Å². The quantitative estimate of drug-likeness (QED) is 0.282. The number of carbonyl (C=O) groups excluding carboxylic acids is 2. The molecule has 0 spiro atoms. The first-order chi connectivity index (χ1) is 7.20. The van der Waals surface area contributed by atoms with Crippen molar-refractivity contribution in [2.45, 2.75) is 13.8 Å². The van der Waals surface area contributed by atoms with Crippen LogP contribution in [0.2, 0.25) is 0 Å². The van der Waals surface area contributed by atoms with Crippen molar-refractivity contribution in [1.82, 2.24) is 0 Å². The van der Waals surface area contributed by atoms with Crippen molar-refractivity contribution in [3.63, 3.8) is 0 Å². The normalized spacial score (nSPS) is 13.6. The molecule has 1 aromatic rings. The Morgan fingerprint density at radius 2 is 1.73 bits per heavy atom. The molecule has 0 amide bonds. The highest BCUT2D eigenvalue weighted by molar-refractivity contribution is 6.27. The number of para-hydroxylation sites is 1. The molecular weight excluding hydrogens is 192 g/mol. The third kappa shape index (κ3) is 1.96. The van der Waals surface area contributed by atoms with Gasteiger partial charge in [-0.3, -0.25) is 4.79 Å². The Morgan fingerprint density at radius 3 is 2.40 bits per heavy atom. The summed E-state index contributed by atoms with van der Waals surface area (Å²) in [5.41, 5.74) is 0.283. The number of fused-ring (bicyclic) bond motifs is 1. The molecule has 1 aliphatic heterocycles. The molecule has 78 valence electrons. The van der Waals surface area contributed by atoms with E-state index in [1.807, 2.05) is 13.8 Å². The number of hydrogen-bond acceptors (Lipinski definition) is 3. The molecule has 3 heteroatoms. The molecule has 0 saturated carbocycles. The van der Waals surface area contributed by atoms with E-state index in [-0.39, 0.29) is 11.4 Å². The van der Waals surface area contributed by atoms with Crippen molar-refractivity contribution in [3.8, 4) is 5.75 Å². The maximum atomic E-state index is 11.4. The van der Waals surface area contributed by atoms with Crippen molar-refractivity contribution in [1.29, 1.82) is 0 Å². The molecule has 0 atom stereocenters. The smallest absolute Gasteiger partial charge is 0.346 e. The summed E-state index contributed by atoms with van der Waals surface area (Å²) in [6.45, 7) is 7.35. The lowest BCUT2D eigenvalue weighted by atomic mass is 10.0. The zero-order valence-electron chi connectivity index (χ0n) is 8.74. The summed E-state index contributed by atoms with van der Waals surface area (Å²) in [5, 5.41) is 0. The summed E-state index contributed by atoms with van der Waals surface area (Å²) in [4.78, 5) is 22.5. The van der Waals surface area contributed by atoms with E-state index in [4.69, 9.17) is 4.74 Å². The van der Waals surface area contributed by atoms with Gasteiger partial charge in [-0.25, -0.2) is 4.79 Å². The van der Waals surface area contributed by atoms with Crippen LogP contribution < -0.4 is 4.74 Å². The van der Waals surface area contributed by atoms with E-state index in [9.17, 15) is 9.59 Å². The van der Waals surface area contributed by atoms with Crippen LogP contribution in [0, 0.1) is 0 Å². The summed E-state index contributed by atoms with van der Waals surface area (Å²) in [6, 6.07) is 6.60. The minimum Gasteiger partial charge on any atom is -0.422 e. The van der Waals surface area contributed by atoms with Gasteiger partial charge in [0.2, 0.25) is 5.78 Å². The number of Topliss-reactive ketones (excluding diaryl/α,β-unsaturated/α-hetero) is 1. The summed E-state index contributed by atoms with van der Waals surface area (Å²) in [5.74, 6) is -0.708. The maximum Gasteiger partial charge on any atom is 0.346 e. The molecule has 0 fully saturated rings. The number of ether oxygens (including phenoxy) is 1. The van der Waals surface area contributed by atoms with Crippen LogP contribution in [0.5, 0.6) is 5.75 Å². The standard InChI is InChI=1S/C10H6O3.C2H6/c1-6-9(11)7-4-2-3-5-8(7)13-10(6)12;1-2/h2-5H,1H2;1-2H3. The van der Waals surface area contributed by atoms with Gasteiger partial charge in [-0.15, -0.1) is 0 Å². The number of rotatable bonds is 0. The van der Waals surface area contributed by atoms with Gasteiger partial charge in [0.1, 0.15) is 11.3 Å². The van der Waals surface area contributed by atoms with Gasteiger partial charge in [-0.1, -0.05) is 32.6 Å².